The minimum Gasteiger partial charge on any atom is -0.489 e. The second kappa shape index (κ2) is 11.2. The van der Waals surface area contributed by atoms with E-state index < -0.39 is 17.9 Å². The fourth-order valence-electron chi connectivity index (χ4n) is 2.95. The van der Waals surface area contributed by atoms with Crippen molar-refractivity contribution >= 4 is 46.7 Å². The van der Waals surface area contributed by atoms with Crippen LogP contribution in [-0.4, -0.2) is 30.0 Å². The third kappa shape index (κ3) is 6.13. The van der Waals surface area contributed by atoms with Crippen molar-refractivity contribution in [1.82, 2.24) is 10.3 Å². The molecule has 0 aliphatic carbocycles. The Morgan fingerprint density at radius 1 is 1.03 bits per heavy atom. The molecule has 0 aliphatic rings. The zero-order chi connectivity index (χ0) is 23.1. The summed E-state index contributed by atoms with van der Waals surface area (Å²) in [4.78, 5) is 28.8. The van der Waals surface area contributed by atoms with E-state index >= 15 is 0 Å². The first-order chi connectivity index (χ1) is 15.4. The van der Waals surface area contributed by atoms with E-state index in [0.717, 1.165) is 5.56 Å². The Balaban J connectivity index is 1.72. The highest BCUT2D eigenvalue weighted by atomic mass is 35.5. The zero-order valence-electron chi connectivity index (χ0n) is 17.0. The Bertz CT molecular complexity index is 1100. The van der Waals surface area contributed by atoms with Gasteiger partial charge in [0, 0.05) is 28.2 Å². The fraction of sp³-hybridized carbons (Fsp3) is 0.174. The van der Waals surface area contributed by atoms with Crippen molar-refractivity contribution in [3.05, 3.63) is 92.7 Å². The van der Waals surface area contributed by atoms with Crippen LogP contribution >= 0.6 is 34.8 Å². The van der Waals surface area contributed by atoms with Gasteiger partial charge in [-0.15, -0.1) is 0 Å². The molecule has 1 aromatic heterocycles. The first-order valence-electron chi connectivity index (χ1n) is 9.53. The van der Waals surface area contributed by atoms with Crippen molar-refractivity contribution in [2.24, 2.45) is 0 Å². The average molecular weight is 494 g/mol. The van der Waals surface area contributed by atoms with Crippen LogP contribution in [0.2, 0.25) is 15.2 Å². The number of methoxy groups -OCH3 is 1. The normalized spacial score (nSPS) is 11.5. The lowest BCUT2D eigenvalue weighted by Gasteiger charge is -2.17. The Morgan fingerprint density at radius 2 is 1.75 bits per heavy atom. The van der Waals surface area contributed by atoms with Crippen LogP contribution in [-0.2, 0) is 22.6 Å². The van der Waals surface area contributed by atoms with Gasteiger partial charge in [-0.1, -0.05) is 53.0 Å². The maximum absolute atomic E-state index is 12.6. The molecule has 0 bridgehead atoms. The number of esters is 1. The van der Waals surface area contributed by atoms with E-state index in [-0.39, 0.29) is 23.7 Å². The van der Waals surface area contributed by atoms with Gasteiger partial charge in [-0.05, 0) is 42.0 Å². The molecule has 2 aromatic carbocycles. The molecule has 3 aromatic rings. The third-order valence-electron chi connectivity index (χ3n) is 4.58. The van der Waals surface area contributed by atoms with Crippen molar-refractivity contribution < 1.29 is 19.1 Å². The average Bonchev–Trinajstić information content (AvgIpc) is 2.78. The van der Waals surface area contributed by atoms with Crippen molar-refractivity contribution in [1.29, 1.82) is 0 Å². The molecule has 9 heteroatoms. The van der Waals surface area contributed by atoms with E-state index in [4.69, 9.17) is 44.3 Å². The first-order valence-corrected chi connectivity index (χ1v) is 10.7. The van der Waals surface area contributed by atoms with Crippen LogP contribution in [0.25, 0.3) is 0 Å². The van der Waals surface area contributed by atoms with E-state index in [1.165, 1.54) is 19.4 Å². The molecular weight excluding hydrogens is 475 g/mol. The number of carbonyl (C=O) groups excluding carboxylic acids is 2. The molecule has 1 N–H and O–H groups in total. The van der Waals surface area contributed by atoms with E-state index in [9.17, 15) is 9.59 Å². The van der Waals surface area contributed by atoms with Crippen molar-refractivity contribution in [2.45, 2.75) is 19.1 Å². The number of nitrogens with zero attached hydrogens (tertiary/aromatic N) is 1. The molecule has 0 saturated carbocycles. The number of rotatable bonds is 8. The molecule has 0 saturated heterocycles. The van der Waals surface area contributed by atoms with E-state index in [1.807, 2.05) is 6.07 Å². The second-order valence-electron chi connectivity index (χ2n) is 6.73. The molecule has 1 amide bonds. The van der Waals surface area contributed by atoms with Crippen LogP contribution in [0.3, 0.4) is 0 Å². The van der Waals surface area contributed by atoms with Crippen LogP contribution in [0.4, 0.5) is 0 Å². The zero-order valence-corrected chi connectivity index (χ0v) is 19.2. The summed E-state index contributed by atoms with van der Waals surface area (Å²) in [5, 5.41) is 3.72. The van der Waals surface area contributed by atoms with Crippen LogP contribution in [0.15, 0.2) is 60.8 Å². The quantitative estimate of drug-likeness (QED) is 0.347. The fourth-order valence-corrected chi connectivity index (χ4v) is 3.66. The Hall–Kier alpha value is -2.80. The molecule has 0 fully saturated rings. The number of benzene rings is 2. The van der Waals surface area contributed by atoms with Crippen LogP contribution in [0.5, 0.6) is 5.75 Å². The van der Waals surface area contributed by atoms with Gasteiger partial charge >= 0.3 is 5.97 Å². The number of aromatic nitrogens is 1. The maximum Gasteiger partial charge on any atom is 0.328 e. The lowest BCUT2D eigenvalue weighted by Crippen LogP contribution is -2.43. The smallest absolute Gasteiger partial charge is 0.328 e. The summed E-state index contributed by atoms with van der Waals surface area (Å²) in [6.07, 6.45) is 1.65. The molecule has 3 rings (SSSR count). The van der Waals surface area contributed by atoms with Crippen molar-refractivity contribution in [2.75, 3.05) is 7.11 Å². The number of hydrogen-bond acceptors (Lipinski definition) is 5. The standard InChI is InChI=1S/C23H19Cl3N2O4/c1-31-23(30)20(28-22(29)16-7-4-10-27-21(16)26)12-14-5-2-6-15(11-14)32-13-17-18(24)8-3-9-19(17)25/h2-11,20H,12-13H2,1H3,(H,28,29). The molecule has 1 unspecified atom stereocenters. The highest BCUT2D eigenvalue weighted by Gasteiger charge is 2.24. The van der Waals surface area contributed by atoms with Crippen molar-refractivity contribution in [3.8, 4) is 5.75 Å². The van der Waals surface area contributed by atoms with Crippen molar-refractivity contribution in [3.63, 3.8) is 0 Å². The van der Waals surface area contributed by atoms with E-state index in [0.29, 0.717) is 21.4 Å². The monoisotopic (exact) mass is 492 g/mol. The highest BCUT2D eigenvalue weighted by molar-refractivity contribution is 6.36. The minimum atomic E-state index is -0.933. The molecule has 32 heavy (non-hydrogen) atoms. The first kappa shape index (κ1) is 23.9. The number of carbonyl (C=O) groups is 2. The van der Waals surface area contributed by atoms with Crippen LogP contribution in [0, 0.1) is 0 Å². The number of ether oxygens (including phenoxy) is 2. The molecule has 1 atom stereocenters. The molecule has 0 aliphatic heterocycles. The van der Waals surface area contributed by atoms with Gasteiger partial charge in [-0.25, -0.2) is 9.78 Å². The molecule has 0 radical (unpaired) electrons. The topological polar surface area (TPSA) is 77.5 Å². The summed E-state index contributed by atoms with van der Waals surface area (Å²) in [5.41, 5.74) is 1.59. The highest BCUT2D eigenvalue weighted by Crippen LogP contribution is 2.26. The van der Waals surface area contributed by atoms with Gasteiger partial charge in [0.15, 0.2) is 0 Å². The minimum absolute atomic E-state index is 0.0437. The summed E-state index contributed by atoms with van der Waals surface area (Å²) in [5.74, 6) is -0.560. The molecule has 6 nitrogen and oxygen atoms in total. The predicted molar refractivity (Wildman–Crippen MR) is 123 cm³/mol. The SMILES string of the molecule is COC(=O)C(Cc1cccc(OCc2c(Cl)cccc2Cl)c1)NC(=O)c1cccnc1Cl. The van der Waals surface area contributed by atoms with Gasteiger partial charge in [-0.3, -0.25) is 4.79 Å². The van der Waals surface area contributed by atoms with Crippen LogP contribution < -0.4 is 10.1 Å². The summed E-state index contributed by atoms with van der Waals surface area (Å²) < 4.78 is 10.7. The Labute approximate surface area is 200 Å². The molecule has 1 heterocycles. The molecule has 0 spiro atoms. The van der Waals surface area contributed by atoms with Crippen LogP contribution in [0.1, 0.15) is 21.5 Å². The predicted octanol–water partition coefficient (Wildman–Crippen LogP) is 5.13. The summed E-state index contributed by atoms with van der Waals surface area (Å²) in [6.45, 7) is 0.179. The summed E-state index contributed by atoms with van der Waals surface area (Å²) in [6, 6.07) is 14.5. The maximum atomic E-state index is 12.6. The number of nitrogens with one attached hydrogen (secondary N) is 1. The number of amides is 1. The van der Waals surface area contributed by atoms with E-state index in [1.54, 1.807) is 42.5 Å². The van der Waals surface area contributed by atoms with Gasteiger partial charge in [0.05, 0.1) is 12.7 Å². The van der Waals surface area contributed by atoms with Gasteiger partial charge in [0.25, 0.3) is 5.91 Å². The molecular formula is C23H19Cl3N2O4. The van der Waals surface area contributed by atoms with Gasteiger partial charge in [0.2, 0.25) is 0 Å². The third-order valence-corrected chi connectivity index (χ3v) is 5.59. The lowest BCUT2D eigenvalue weighted by molar-refractivity contribution is -0.142. The Morgan fingerprint density at radius 3 is 2.44 bits per heavy atom. The Kier molecular flexibility index (Phi) is 8.33. The number of pyridine rings is 1. The lowest BCUT2D eigenvalue weighted by atomic mass is 10.1. The number of hydrogen-bond donors (Lipinski definition) is 1. The van der Waals surface area contributed by atoms with Gasteiger partial charge in [-0.2, -0.15) is 0 Å². The largest absolute Gasteiger partial charge is 0.489 e. The summed E-state index contributed by atoms with van der Waals surface area (Å²) >= 11 is 18.4. The molecule has 166 valence electrons. The van der Waals surface area contributed by atoms with Gasteiger partial charge < -0.3 is 14.8 Å². The van der Waals surface area contributed by atoms with E-state index in [2.05, 4.69) is 10.3 Å². The second-order valence-corrected chi connectivity index (χ2v) is 7.90. The number of halogens is 3. The van der Waals surface area contributed by atoms with Gasteiger partial charge in [0.1, 0.15) is 23.6 Å². The summed E-state index contributed by atoms with van der Waals surface area (Å²) in [7, 11) is 1.26.